The van der Waals surface area contributed by atoms with Gasteiger partial charge in [0.15, 0.2) is 0 Å². The average molecular weight is 270 g/mol. The number of carbonyl (C=O) groups excluding carboxylic acids is 3. The van der Waals surface area contributed by atoms with Gasteiger partial charge in [-0.25, -0.2) is 9.59 Å². The van der Waals surface area contributed by atoms with Crippen molar-refractivity contribution < 1.29 is 19.1 Å². The second-order valence-corrected chi connectivity index (χ2v) is 5.05. The lowest BCUT2D eigenvalue weighted by Crippen LogP contribution is -2.47. The van der Waals surface area contributed by atoms with Crippen LogP contribution in [-0.2, 0) is 14.3 Å². The molecule has 0 fully saturated rings. The highest BCUT2D eigenvalue weighted by molar-refractivity contribution is 6.02. The molecule has 0 aliphatic carbocycles. The molecule has 0 aromatic rings. The molecular weight excluding hydrogens is 248 g/mol. The minimum atomic E-state index is -0.672. The second-order valence-electron chi connectivity index (χ2n) is 5.05. The van der Waals surface area contributed by atoms with Gasteiger partial charge in [0.2, 0.25) is 0 Å². The molecular formula is C13H22N2O4. The van der Waals surface area contributed by atoms with E-state index in [0.717, 1.165) is 25.0 Å². The summed E-state index contributed by atoms with van der Waals surface area (Å²) in [6.45, 7) is 7.67. The van der Waals surface area contributed by atoms with Crippen molar-refractivity contribution in [3.8, 4) is 0 Å². The number of rotatable bonds is 5. The number of ether oxygens (including phenoxy) is 1. The first-order valence-corrected chi connectivity index (χ1v) is 6.22. The van der Waals surface area contributed by atoms with Gasteiger partial charge in [0.1, 0.15) is 0 Å². The number of unbranched alkanes of at least 4 members (excludes halogenated alkanes) is 1. The fourth-order valence-corrected chi connectivity index (χ4v) is 1.03. The van der Waals surface area contributed by atoms with Gasteiger partial charge >= 0.3 is 12.0 Å². The summed E-state index contributed by atoms with van der Waals surface area (Å²) in [6.07, 6.45) is 3.66. The van der Waals surface area contributed by atoms with Crippen LogP contribution in [0.4, 0.5) is 4.79 Å². The zero-order chi connectivity index (χ0) is 14.9. The molecule has 6 nitrogen and oxygen atoms in total. The van der Waals surface area contributed by atoms with E-state index in [-0.39, 0.29) is 0 Å². The first-order valence-electron chi connectivity index (χ1n) is 6.22. The molecule has 0 spiro atoms. The van der Waals surface area contributed by atoms with Crippen LogP contribution < -0.4 is 10.6 Å². The Bertz CT molecular complexity index is 356. The molecule has 0 aliphatic rings. The molecule has 0 atom stereocenters. The minimum Gasteiger partial charge on any atom is -0.463 e. The van der Waals surface area contributed by atoms with Crippen molar-refractivity contribution in [3.05, 3.63) is 12.2 Å². The van der Waals surface area contributed by atoms with E-state index in [0.29, 0.717) is 6.61 Å². The normalized spacial score (nSPS) is 11.2. The van der Waals surface area contributed by atoms with Crippen LogP contribution >= 0.6 is 0 Å². The smallest absolute Gasteiger partial charge is 0.330 e. The summed E-state index contributed by atoms with van der Waals surface area (Å²) in [4.78, 5) is 33.8. The fraction of sp³-hybridized carbons (Fsp3) is 0.615. The van der Waals surface area contributed by atoms with E-state index in [9.17, 15) is 14.4 Å². The van der Waals surface area contributed by atoms with Crippen molar-refractivity contribution in [3.63, 3.8) is 0 Å². The van der Waals surface area contributed by atoms with Crippen LogP contribution in [0.5, 0.6) is 0 Å². The summed E-state index contributed by atoms with van der Waals surface area (Å²) in [6, 6.07) is -0.610. The predicted octanol–water partition coefficient (Wildman–Crippen LogP) is 1.51. The number of imide groups is 1. The number of hydrogen-bond acceptors (Lipinski definition) is 4. The minimum absolute atomic E-state index is 0.325. The van der Waals surface area contributed by atoms with Gasteiger partial charge in [-0.2, -0.15) is 0 Å². The lowest BCUT2D eigenvalue weighted by atomic mass is 10.1. The van der Waals surface area contributed by atoms with Gasteiger partial charge in [0.25, 0.3) is 5.91 Å². The van der Waals surface area contributed by atoms with Gasteiger partial charge in [0.05, 0.1) is 6.61 Å². The molecule has 0 radical (unpaired) electrons. The highest BCUT2D eigenvalue weighted by Gasteiger charge is 2.14. The summed E-state index contributed by atoms with van der Waals surface area (Å²) >= 11 is 0. The third kappa shape index (κ3) is 11.0. The van der Waals surface area contributed by atoms with E-state index in [1.54, 1.807) is 20.8 Å². The molecule has 0 aliphatic heterocycles. The largest absolute Gasteiger partial charge is 0.463 e. The predicted molar refractivity (Wildman–Crippen MR) is 71.4 cm³/mol. The molecule has 19 heavy (non-hydrogen) atoms. The summed E-state index contributed by atoms with van der Waals surface area (Å²) < 4.78 is 4.81. The zero-order valence-corrected chi connectivity index (χ0v) is 11.9. The number of urea groups is 1. The van der Waals surface area contributed by atoms with Crippen LogP contribution in [0, 0.1) is 0 Å². The van der Waals surface area contributed by atoms with Crippen molar-refractivity contribution in [2.75, 3.05) is 6.61 Å². The molecule has 3 amide bonds. The molecule has 108 valence electrons. The molecule has 0 aromatic carbocycles. The van der Waals surface area contributed by atoms with Gasteiger partial charge in [-0.3, -0.25) is 10.1 Å². The number of nitrogens with one attached hydrogen (secondary N) is 2. The Labute approximate surface area is 113 Å². The molecule has 0 bridgehead atoms. The average Bonchev–Trinajstić information content (AvgIpc) is 2.24. The molecule has 2 N–H and O–H groups in total. The van der Waals surface area contributed by atoms with E-state index in [1.165, 1.54) is 0 Å². The molecule has 0 aromatic heterocycles. The molecule has 0 rings (SSSR count). The van der Waals surface area contributed by atoms with Crippen molar-refractivity contribution in [1.82, 2.24) is 10.6 Å². The van der Waals surface area contributed by atoms with Crippen LogP contribution in [0.25, 0.3) is 0 Å². The maximum atomic E-state index is 11.3. The highest BCUT2D eigenvalue weighted by Crippen LogP contribution is 1.97. The van der Waals surface area contributed by atoms with Gasteiger partial charge in [0, 0.05) is 17.7 Å². The first-order chi connectivity index (χ1) is 8.74. The lowest BCUT2D eigenvalue weighted by Gasteiger charge is -2.19. The van der Waals surface area contributed by atoms with Crippen LogP contribution in [0.1, 0.15) is 40.5 Å². The van der Waals surface area contributed by atoms with Crippen LogP contribution in [0.2, 0.25) is 0 Å². The Morgan fingerprint density at radius 1 is 1.16 bits per heavy atom. The van der Waals surface area contributed by atoms with E-state index in [1.807, 2.05) is 6.92 Å². The zero-order valence-electron chi connectivity index (χ0n) is 11.9. The Balaban J connectivity index is 4.03. The monoisotopic (exact) mass is 270 g/mol. The van der Waals surface area contributed by atoms with Gasteiger partial charge in [-0.1, -0.05) is 13.3 Å². The summed E-state index contributed by atoms with van der Waals surface area (Å²) in [5.74, 6) is -1.27. The van der Waals surface area contributed by atoms with Crippen LogP contribution in [0.3, 0.4) is 0 Å². The maximum absolute atomic E-state index is 11.3. The lowest BCUT2D eigenvalue weighted by molar-refractivity contribution is -0.138. The maximum Gasteiger partial charge on any atom is 0.330 e. The third-order valence-electron chi connectivity index (χ3n) is 1.84. The number of amides is 3. The summed E-state index contributed by atoms with van der Waals surface area (Å²) in [7, 11) is 0. The van der Waals surface area contributed by atoms with Crippen LogP contribution in [0.15, 0.2) is 12.2 Å². The number of carbonyl (C=O) groups is 3. The first kappa shape index (κ1) is 17.2. The number of hydrogen-bond donors (Lipinski definition) is 2. The van der Waals surface area contributed by atoms with E-state index >= 15 is 0 Å². The van der Waals surface area contributed by atoms with Crippen molar-refractivity contribution in [1.29, 1.82) is 0 Å². The van der Waals surface area contributed by atoms with Crippen molar-refractivity contribution in [2.45, 2.75) is 46.1 Å². The van der Waals surface area contributed by atoms with Gasteiger partial charge < -0.3 is 10.1 Å². The second kappa shape index (κ2) is 8.29. The molecule has 0 heterocycles. The molecule has 0 unspecified atom stereocenters. The van der Waals surface area contributed by atoms with E-state index in [4.69, 9.17) is 4.74 Å². The SMILES string of the molecule is CCCCOC(=O)C=CC(=O)NC(=O)NC(C)(C)C. The highest BCUT2D eigenvalue weighted by atomic mass is 16.5. The molecule has 0 saturated heterocycles. The van der Waals surface area contributed by atoms with Crippen molar-refractivity contribution in [2.24, 2.45) is 0 Å². The Morgan fingerprint density at radius 3 is 2.32 bits per heavy atom. The fourth-order valence-electron chi connectivity index (χ4n) is 1.03. The Morgan fingerprint density at radius 2 is 1.79 bits per heavy atom. The Kier molecular flexibility index (Phi) is 7.48. The Hall–Kier alpha value is -1.85. The summed E-state index contributed by atoms with van der Waals surface area (Å²) in [5.41, 5.74) is -0.437. The van der Waals surface area contributed by atoms with E-state index in [2.05, 4.69) is 10.6 Å². The number of esters is 1. The quantitative estimate of drug-likeness (QED) is 0.450. The molecule has 6 heteroatoms. The van der Waals surface area contributed by atoms with Gasteiger partial charge in [-0.05, 0) is 27.2 Å². The standard InChI is InChI=1S/C13H22N2O4/c1-5-6-9-19-11(17)8-7-10(16)14-12(18)15-13(2,3)4/h7-8H,5-6,9H2,1-4H3,(H2,14,15,16,18). The van der Waals surface area contributed by atoms with Crippen LogP contribution in [-0.4, -0.2) is 30.1 Å². The third-order valence-corrected chi connectivity index (χ3v) is 1.84. The van der Waals surface area contributed by atoms with Gasteiger partial charge in [-0.15, -0.1) is 0 Å². The summed E-state index contributed by atoms with van der Waals surface area (Å²) in [5, 5.41) is 4.63. The van der Waals surface area contributed by atoms with Crippen molar-refractivity contribution >= 4 is 17.9 Å². The van der Waals surface area contributed by atoms with E-state index < -0.39 is 23.4 Å². The molecule has 0 saturated carbocycles. The topological polar surface area (TPSA) is 84.5 Å².